The van der Waals surface area contributed by atoms with E-state index in [2.05, 4.69) is 10.4 Å². The smallest absolute Gasteiger partial charge is 0.396 e. The molecule has 112 valence electrons. The number of carbonyl (C=O) groups excluding carboxylic acids is 1. The number of halogens is 4. The molecular formula is C12H10ClF3N4O. The summed E-state index contributed by atoms with van der Waals surface area (Å²) in [5, 5.41) is 5.66. The van der Waals surface area contributed by atoms with E-state index in [0.29, 0.717) is 0 Å². The molecule has 3 N–H and O–H groups in total. The fourth-order valence-corrected chi connectivity index (χ4v) is 1.97. The number of alkyl halides is 3. The van der Waals surface area contributed by atoms with Gasteiger partial charge in [0.05, 0.1) is 22.0 Å². The fraction of sp³-hybridized carbons (Fsp3) is 0.167. The van der Waals surface area contributed by atoms with Crippen molar-refractivity contribution in [2.24, 2.45) is 7.05 Å². The average molecular weight is 319 g/mol. The molecule has 2 rings (SSSR count). The van der Waals surface area contributed by atoms with Crippen molar-refractivity contribution in [2.45, 2.75) is 6.18 Å². The van der Waals surface area contributed by atoms with Gasteiger partial charge in [-0.05, 0) is 12.1 Å². The Morgan fingerprint density at radius 2 is 2.10 bits per heavy atom. The van der Waals surface area contributed by atoms with Crippen LogP contribution in [0.1, 0.15) is 16.1 Å². The van der Waals surface area contributed by atoms with Crippen LogP contribution in [0.5, 0.6) is 0 Å². The molecule has 0 aliphatic heterocycles. The van der Waals surface area contributed by atoms with Gasteiger partial charge in [0.2, 0.25) is 0 Å². The van der Waals surface area contributed by atoms with Crippen LogP contribution in [0.4, 0.5) is 24.5 Å². The highest BCUT2D eigenvalue weighted by atomic mass is 35.5. The molecule has 1 amide bonds. The topological polar surface area (TPSA) is 72.9 Å². The molecule has 0 fully saturated rings. The quantitative estimate of drug-likeness (QED) is 0.894. The molecular weight excluding hydrogens is 309 g/mol. The van der Waals surface area contributed by atoms with E-state index in [0.717, 1.165) is 12.1 Å². The molecule has 1 aromatic heterocycles. The molecule has 0 unspecified atom stereocenters. The number of hydrogen-bond donors (Lipinski definition) is 2. The van der Waals surface area contributed by atoms with Crippen LogP contribution in [0, 0.1) is 0 Å². The summed E-state index contributed by atoms with van der Waals surface area (Å²) < 4.78 is 40.0. The highest BCUT2D eigenvalue weighted by molar-refractivity contribution is 6.34. The minimum Gasteiger partial charge on any atom is -0.396 e. The number of aryl methyl sites for hydroxylation is 1. The zero-order valence-electron chi connectivity index (χ0n) is 10.7. The van der Waals surface area contributed by atoms with Crippen LogP contribution in [0.3, 0.4) is 0 Å². The second kappa shape index (κ2) is 5.28. The van der Waals surface area contributed by atoms with Crippen LogP contribution in [-0.2, 0) is 13.2 Å². The second-order valence-electron chi connectivity index (χ2n) is 4.22. The molecule has 9 heteroatoms. The Bertz CT molecular complexity index is 696. The molecule has 0 bridgehead atoms. The number of nitrogens with two attached hydrogens (primary N) is 1. The second-order valence-corrected chi connectivity index (χ2v) is 4.63. The SMILES string of the molecule is Cn1cc(N)c(C(=O)Nc2c(Cl)cccc2C(F)(F)F)n1. The van der Waals surface area contributed by atoms with Crippen molar-refractivity contribution in [2.75, 3.05) is 11.1 Å². The van der Waals surface area contributed by atoms with Crippen molar-refractivity contribution in [3.05, 3.63) is 40.7 Å². The molecule has 0 saturated carbocycles. The Morgan fingerprint density at radius 1 is 1.43 bits per heavy atom. The third-order valence-electron chi connectivity index (χ3n) is 2.63. The molecule has 0 spiro atoms. The summed E-state index contributed by atoms with van der Waals surface area (Å²) in [5.41, 5.74) is 3.86. The van der Waals surface area contributed by atoms with Gasteiger partial charge in [0.1, 0.15) is 0 Å². The van der Waals surface area contributed by atoms with Gasteiger partial charge in [-0.1, -0.05) is 17.7 Å². The van der Waals surface area contributed by atoms with Crippen molar-refractivity contribution in [3.8, 4) is 0 Å². The van der Waals surface area contributed by atoms with Gasteiger partial charge in [-0.15, -0.1) is 0 Å². The third-order valence-corrected chi connectivity index (χ3v) is 2.94. The summed E-state index contributed by atoms with van der Waals surface area (Å²) in [5.74, 6) is -0.869. The minimum absolute atomic E-state index is 0.0515. The number of nitrogen functional groups attached to an aromatic ring is 1. The molecule has 5 nitrogen and oxygen atoms in total. The van der Waals surface area contributed by atoms with E-state index in [9.17, 15) is 18.0 Å². The maximum atomic E-state index is 12.9. The summed E-state index contributed by atoms with van der Waals surface area (Å²) in [6.07, 6.45) is -3.28. The van der Waals surface area contributed by atoms with Gasteiger partial charge in [-0.3, -0.25) is 9.48 Å². The molecule has 0 radical (unpaired) electrons. The van der Waals surface area contributed by atoms with Crippen molar-refractivity contribution in [1.29, 1.82) is 0 Å². The summed E-state index contributed by atoms with van der Waals surface area (Å²) in [4.78, 5) is 12.0. The van der Waals surface area contributed by atoms with Crippen LogP contribution in [-0.4, -0.2) is 15.7 Å². The van der Waals surface area contributed by atoms with E-state index in [1.807, 2.05) is 0 Å². The Labute approximate surface area is 122 Å². The number of hydrogen-bond acceptors (Lipinski definition) is 3. The fourth-order valence-electron chi connectivity index (χ4n) is 1.74. The molecule has 0 aliphatic rings. The van der Waals surface area contributed by atoms with Crippen LogP contribution in [0.25, 0.3) is 0 Å². The number of para-hydroxylation sites is 1. The summed E-state index contributed by atoms with van der Waals surface area (Å²) in [7, 11) is 1.53. The summed E-state index contributed by atoms with van der Waals surface area (Å²) in [6.45, 7) is 0. The molecule has 0 saturated heterocycles. The molecule has 1 aromatic carbocycles. The average Bonchev–Trinajstić information content (AvgIpc) is 2.69. The number of rotatable bonds is 2. The number of aromatic nitrogens is 2. The first kappa shape index (κ1) is 15.2. The van der Waals surface area contributed by atoms with E-state index in [-0.39, 0.29) is 16.4 Å². The molecule has 21 heavy (non-hydrogen) atoms. The zero-order chi connectivity index (χ0) is 15.8. The number of nitrogens with zero attached hydrogens (tertiary/aromatic N) is 2. The first-order valence-corrected chi connectivity index (χ1v) is 6.04. The van der Waals surface area contributed by atoms with Gasteiger partial charge in [0.15, 0.2) is 5.69 Å². The molecule has 1 heterocycles. The predicted octanol–water partition coefficient (Wildman–Crippen LogP) is 2.93. The van der Waals surface area contributed by atoms with Crippen molar-refractivity contribution >= 4 is 28.9 Å². The third kappa shape index (κ3) is 3.10. The number of anilines is 2. The van der Waals surface area contributed by atoms with Crippen molar-refractivity contribution in [3.63, 3.8) is 0 Å². The van der Waals surface area contributed by atoms with E-state index in [1.165, 1.54) is 24.0 Å². The first-order chi connectivity index (χ1) is 9.70. The van der Waals surface area contributed by atoms with Gasteiger partial charge in [0.25, 0.3) is 5.91 Å². The van der Waals surface area contributed by atoms with Gasteiger partial charge < -0.3 is 11.1 Å². The van der Waals surface area contributed by atoms with Crippen LogP contribution in [0.2, 0.25) is 5.02 Å². The molecule has 0 aliphatic carbocycles. The highest BCUT2D eigenvalue weighted by Crippen LogP contribution is 2.38. The van der Waals surface area contributed by atoms with Gasteiger partial charge >= 0.3 is 6.18 Å². The normalized spacial score (nSPS) is 11.5. The zero-order valence-corrected chi connectivity index (χ0v) is 11.5. The summed E-state index contributed by atoms with van der Waals surface area (Å²) in [6, 6.07) is 3.22. The number of carbonyl (C=O) groups is 1. The van der Waals surface area contributed by atoms with Gasteiger partial charge in [0, 0.05) is 13.2 Å². The Morgan fingerprint density at radius 3 is 2.62 bits per heavy atom. The lowest BCUT2D eigenvalue weighted by atomic mass is 10.1. The van der Waals surface area contributed by atoms with E-state index >= 15 is 0 Å². The lowest BCUT2D eigenvalue weighted by Crippen LogP contribution is -2.18. The number of benzene rings is 1. The molecule has 0 atom stereocenters. The lowest BCUT2D eigenvalue weighted by molar-refractivity contribution is -0.136. The van der Waals surface area contributed by atoms with E-state index in [4.69, 9.17) is 17.3 Å². The van der Waals surface area contributed by atoms with Crippen molar-refractivity contribution < 1.29 is 18.0 Å². The maximum Gasteiger partial charge on any atom is 0.418 e. The Hall–Kier alpha value is -2.22. The summed E-state index contributed by atoms with van der Waals surface area (Å²) >= 11 is 5.74. The van der Waals surface area contributed by atoms with Crippen LogP contribution < -0.4 is 11.1 Å². The molecule has 2 aromatic rings. The van der Waals surface area contributed by atoms with E-state index in [1.54, 1.807) is 0 Å². The van der Waals surface area contributed by atoms with Gasteiger partial charge in [-0.2, -0.15) is 18.3 Å². The Balaban J connectivity index is 2.40. The predicted molar refractivity (Wildman–Crippen MR) is 72.0 cm³/mol. The monoisotopic (exact) mass is 318 g/mol. The van der Waals surface area contributed by atoms with Crippen molar-refractivity contribution in [1.82, 2.24) is 9.78 Å². The number of nitrogens with one attached hydrogen (secondary N) is 1. The number of amides is 1. The van der Waals surface area contributed by atoms with Crippen LogP contribution in [0.15, 0.2) is 24.4 Å². The lowest BCUT2D eigenvalue weighted by Gasteiger charge is -2.14. The largest absolute Gasteiger partial charge is 0.418 e. The van der Waals surface area contributed by atoms with E-state index < -0.39 is 23.3 Å². The Kier molecular flexibility index (Phi) is 3.82. The minimum atomic E-state index is -4.65. The standard InChI is InChI=1S/C12H10ClF3N4O/c1-20-5-8(17)10(19-20)11(21)18-9-6(12(14,15)16)3-2-4-7(9)13/h2-5H,17H2,1H3,(H,18,21). The highest BCUT2D eigenvalue weighted by Gasteiger charge is 2.35. The maximum absolute atomic E-state index is 12.9. The van der Waals surface area contributed by atoms with Crippen LogP contribution >= 0.6 is 11.6 Å². The van der Waals surface area contributed by atoms with Gasteiger partial charge in [-0.25, -0.2) is 0 Å². The first-order valence-electron chi connectivity index (χ1n) is 5.66.